The molecule has 1 aliphatic heterocycles. The Kier molecular flexibility index (Phi) is 5.68. The minimum absolute atomic E-state index is 0.435. The van der Waals surface area contributed by atoms with E-state index in [-0.39, 0.29) is 0 Å². The number of halogens is 1. The van der Waals surface area contributed by atoms with Crippen LogP contribution >= 0.6 is 11.6 Å². The summed E-state index contributed by atoms with van der Waals surface area (Å²) in [6.07, 6.45) is 3.38. The van der Waals surface area contributed by atoms with Crippen molar-refractivity contribution in [2.24, 2.45) is 0 Å². The van der Waals surface area contributed by atoms with E-state index in [2.05, 4.69) is 10.2 Å². The van der Waals surface area contributed by atoms with Crippen LogP contribution < -0.4 is 10.1 Å². The first kappa shape index (κ1) is 15.1. The number of aryl methyl sites for hydroxylation is 1. The number of ether oxygens (including phenoxy) is 1. The molecule has 0 unspecified atom stereocenters. The van der Waals surface area contributed by atoms with Crippen LogP contribution in [0.5, 0.6) is 5.75 Å². The predicted octanol–water partition coefficient (Wildman–Crippen LogP) is 3.22. The van der Waals surface area contributed by atoms with Crippen molar-refractivity contribution in [3.05, 3.63) is 28.8 Å². The summed E-state index contributed by atoms with van der Waals surface area (Å²) >= 11 is 6.02. The highest BCUT2D eigenvalue weighted by Crippen LogP contribution is 2.27. The summed E-state index contributed by atoms with van der Waals surface area (Å²) in [7, 11) is 0. The Bertz CT molecular complexity index is 439. The highest BCUT2D eigenvalue weighted by molar-refractivity contribution is 6.32. The van der Waals surface area contributed by atoms with Gasteiger partial charge >= 0.3 is 6.09 Å². The Morgan fingerprint density at radius 1 is 1.35 bits per heavy atom. The Hall–Kier alpha value is -1.26. The summed E-state index contributed by atoms with van der Waals surface area (Å²) in [5.41, 5.74) is 0.851. The van der Waals surface area contributed by atoms with Gasteiger partial charge in [-0.05, 0) is 44.5 Å². The van der Waals surface area contributed by atoms with Crippen LogP contribution in [0.3, 0.4) is 0 Å². The number of carbonyl (C=O) groups excluding carboxylic acids is 1. The fraction of sp³-hybridized carbons (Fsp3) is 0.533. The number of nitrogens with zero attached hydrogens (tertiary/aromatic N) is 1. The van der Waals surface area contributed by atoms with Crippen LogP contribution in [-0.2, 0) is 0 Å². The van der Waals surface area contributed by atoms with Gasteiger partial charge in [-0.3, -0.25) is 0 Å². The molecular weight excluding hydrogens is 276 g/mol. The number of nitrogens with one attached hydrogen (secondary N) is 1. The van der Waals surface area contributed by atoms with Crippen LogP contribution in [0.4, 0.5) is 4.79 Å². The molecule has 5 heteroatoms. The SMILES string of the molecule is Cc1cccc(Cl)c1OC(=O)NCCN1CCCCC1. The standard InChI is InChI=1S/C15H21ClN2O2/c1-12-6-5-7-13(16)14(12)20-15(19)17-8-11-18-9-3-2-4-10-18/h5-7H,2-4,8-11H2,1H3,(H,17,19). The maximum absolute atomic E-state index is 11.7. The van der Waals surface area contributed by atoms with Crippen LogP contribution in [-0.4, -0.2) is 37.2 Å². The number of benzene rings is 1. The van der Waals surface area contributed by atoms with Gasteiger partial charge in [0.25, 0.3) is 0 Å². The molecule has 1 aromatic carbocycles. The average Bonchev–Trinajstić information content (AvgIpc) is 2.44. The first-order chi connectivity index (χ1) is 9.66. The van der Waals surface area contributed by atoms with E-state index < -0.39 is 6.09 Å². The predicted molar refractivity (Wildman–Crippen MR) is 80.5 cm³/mol. The summed E-state index contributed by atoms with van der Waals surface area (Å²) < 4.78 is 5.26. The van der Waals surface area contributed by atoms with Crippen molar-refractivity contribution in [1.29, 1.82) is 0 Å². The van der Waals surface area contributed by atoms with Crippen molar-refractivity contribution < 1.29 is 9.53 Å². The molecule has 1 saturated heterocycles. The van der Waals surface area contributed by atoms with Gasteiger partial charge in [0.2, 0.25) is 0 Å². The van der Waals surface area contributed by atoms with Gasteiger partial charge in [0.15, 0.2) is 5.75 Å². The van der Waals surface area contributed by atoms with Crippen molar-refractivity contribution in [3.63, 3.8) is 0 Å². The fourth-order valence-electron chi connectivity index (χ4n) is 2.37. The van der Waals surface area contributed by atoms with Gasteiger partial charge in [-0.2, -0.15) is 0 Å². The van der Waals surface area contributed by atoms with Gasteiger partial charge in [-0.25, -0.2) is 4.79 Å². The van der Waals surface area contributed by atoms with Crippen molar-refractivity contribution in [1.82, 2.24) is 10.2 Å². The molecule has 0 aliphatic carbocycles. The fourth-order valence-corrected chi connectivity index (χ4v) is 2.63. The summed E-state index contributed by atoms with van der Waals surface area (Å²) in [6.45, 7) is 5.59. The van der Waals surface area contributed by atoms with E-state index in [0.717, 1.165) is 25.2 Å². The Labute approximate surface area is 125 Å². The molecule has 20 heavy (non-hydrogen) atoms. The van der Waals surface area contributed by atoms with E-state index in [0.29, 0.717) is 17.3 Å². The second-order valence-corrected chi connectivity index (χ2v) is 5.51. The Morgan fingerprint density at radius 3 is 2.80 bits per heavy atom. The van der Waals surface area contributed by atoms with Gasteiger partial charge in [0.05, 0.1) is 5.02 Å². The van der Waals surface area contributed by atoms with Gasteiger partial charge in [0.1, 0.15) is 0 Å². The monoisotopic (exact) mass is 296 g/mol. The summed E-state index contributed by atoms with van der Waals surface area (Å²) in [6, 6.07) is 5.41. The van der Waals surface area contributed by atoms with Crippen LogP contribution in [0.1, 0.15) is 24.8 Å². The molecule has 0 spiro atoms. The zero-order valence-electron chi connectivity index (χ0n) is 11.8. The smallest absolute Gasteiger partial charge is 0.408 e. The number of hydrogen-bond acceptors (Lipinski definition) is 3. The van der Waals surface area contributed by atoms with Crippen LogP contribution in [0.25, 0.3) is 0 Å². The van der Waals surface area contributed by atoms with Gasteiger partial charge in [-0.15, -0.1) is 0 Å². The lowest BCUT2D eigenvalue weighted by Gasteiger charge is -2.26. The van der Waals surface area contributed by atoms with E-state index in [1.807, 2.05) is 19.1 Å². The lowest BCUT2D eigenvalue weighted by Crippen LogP contribution is -2.38. The zero-order valence-corrected chi connectivity index (χ0v) is 12.6. The molecule has 0 atom stereocenters. The van der Waals surface area contributed by atoms with Crippen molar-refractivity contribution >= 4 is 17.7 Å². The molecule has 110 valence electrons. The van der Waals surface area contributed by atoms with Crippen LogP contribution in [0.2, 0.25) is 5.02 Å². The third-order valence-corrected chi connectivity index (χ3v) is 3.80. The van der Waals surface area contributed by atoms with Gasteiger partial charge in [-0.1, -0.05) is 30.2 Å². The molecule has 0 bridgehead atoms. The molecule has 0 saturated carbocycles. The number of amides is 1. The topological polar surface area (TPSA) is 41.6 Å². The third-order valence-electron chi connectivity index (χ3n) is 3.50. The van der Waals surface area contributed by atoms with Crippen molar-refractivity contribution in [2.45, 2.75) is 26.2 Å². The van der Waals surface area contributed by atoms with E-state index in [1.54, 1.807) is 6.07 Å². The number of likely N-dealkylation sites (tertiary alicyclic amines) is 1. The van der Waals surface area contributed by atoms with E-state index in [1.165, 1.54) is 19.3 Å². The Balaban J connectivity index is 1.75. The molecular formula is C15H21ClN2O2. The van der Waals surface area contributed by atoms with Crippen molar-refractivity contribution in [3.8, 4) is 5.75 Å². The lowest BCUT2D eigenvalue weighted by molar-refractivity contribution is 0.193. The number of rotatable bonds is 4. The minimum atomic E-state index is -0.446. The maximum atomic E-state index is 11.7. The second kappa shape index (κ2) is 7.50. The first-order valence-electron chi connectivity index (χ1n) is 7.10. The summed E-state index contributed by atoms with van der Waals surface area (Å²) in [4.78, 5) is 14.1. The van der Waals surface area contributed by atoms with Gasteiger partial charge < -0.3 is 15.0 Å². The normalized spacial score (nSPS) is 15.9. The molecule has 2 rings (SSSR count). The molecule has 1 fully saturated rings. The van der Waals surface area contributed by atoms with E-state index >= 15 is 0 Å². The minimum Gasteiger partial charge on any atom is -0.408 e. The molecule has 1 amide bonds. The first-order valence-corrected chi connectivity index (χ1v) is 7.48. The highest BCUT2D eigenvalue weighted by atomic mass is 35.5. The molecule has 4 nitrogen and oxygen atoms in total. The summed E-state index contributed by atoms with van der Waals surface area (Å²) in [5.74, 6) is 0.435. The number of carbonyl (C=O) groups is 1. The van der Waals surface area contributed by atoms with Gasteiger partial charge in [0, 0.05) is 13.1 Å². The molecule has 0 aromatic heterocycles. The van der Waals surface area contributed by atoms with E-state index in [4.69, 9.17) is 16.3 Å². The van der Waals surface area contributed by atoms with Crippen LogP contribution in [0, 0.1) is 6.92 Å². The molecule has 1 aromatic rings. The number of para-hydroxylation sites is 1. The molecule has 0 radical (unpaired) electrons. The third kappa shape index (κ3) is 4.39. The van der Waals surface area contributed by atoms with E-state index in [9.17, 15) is 4.79 Å². The van der Waals surface area contributed by atoms with Crippen molar-refractivity contribution in [2.75, 3.05) is 26.2 Å². The summed E-state index contributed by atoms with van der Waals surface area (Å²) in [5, 5.41) is 3.23. The maximum Gasteiger partial charge on any atom is 0.412 e. The quantitative estimate of drug-likeness (QED) is 0.927. The lowest BCUT2D eigenvalue weighted by atomic mass is 10.1. The zero-order chi connectivity index (χ0) is 14.4. The number of piperidine rings is 1. The second-order valence-electron chi connectivity index (χ2n) is 5.10. The molecule has 1 aliphatic rings. The van der Waals surface area contributed by atoms with Crippen LogP contribution in [0.15, 0.2) is 18.2 Å². The molecule has 1 N–H and O–H groups in total. The molecule has 1 heterocycles. The largest absolute Gasteiger partial charge is 0.412 e. The average molecular weight is 297 g/mol. The Morgan fingerprint density at radius 2 is 2.10 bits per heavy atom. The highest BCUT2D eigenvalue weighted by Gasteiger charge is 2.12. The number of hydrogen-bond donors (Lipinski definition) is 1.